The molecule has 1 aliphatic heterocycles. The molecule has 0 spiro atoms. The van der Waals surface area contributed by atoms with E-state index in [0.717, 1.165) is 21.4 Å². The molecule has 35 heavy (non-hydrogen) atoms. The molecule has 1 aromatic heterocycles. The Bertz CT molecular complexity index is 1380. The fraction of sp³-hybridized carbons (Fsp3) is 0.200. The highest BCUT2D eigenvalue weighted by molar-refractivity contribution is 9.10. The maximum atomic E-state index is 13.3. The molecular formula is C25H21BrN2O6S. The molecule has 3 aromatic rings. The number of halogens is 1. The summed E-state index contributed by atoms with van der Waals surface area (Å²) in [5.74, 6) is -1.98. The zero-order chi connectivity index (χ0) is 25.4. The Kier molecular flexibility index (Phi) is 6.77. The van der Waals surface area contributed by atoms with Gasteiger partial charge in [0.1, 0.15) is 16.4 Å². The summed E-state index contributed by atoms with van der Waals surface area (Å²) in [5.41, 5.74) is 2.01. The van der Waals surface area contributed by atoms with Gasteiger partial charge in [-0.25, -0.2) is 9.78 Å². The van der Waals surface area contributed by atoms with Crippen LogP contribution in [0.3, 0.4) is 0 Å². The quantitative estimate of drug-likeness (QED) is 0.205. The lowest BCUT2D eigenvalue weighted by Gasteiger charge is -2.23. The SMILES string of the molecule is COC(=O)c1sc(N2C(=O)C(=O)/C(=C(/O)c3ccc(OC)c(C)c3)C2c2ccc(Br)cc2)nc1C. The number of aliphatic hydroxyl groups is 1. The van der Waals surface area contributed by atoms with Crippen molar-refractivity contribution in [3.8, 4) is 5.75 Å². The van der Waals surface area contributed by atoms with E-state index in [4.69, 9.17) is 9.47 Å². The lowest BCUT2D eigenvalue weighted by atomic mass is 9.95. The number of methoxy groups -OCH3 is 2. The molecular weight excluding hydrogens is 536 g/mol. The molecule has 0 bridgehead atoms. The second kappa shape index (κ2) is 9.63. The predicted molar refractivity (Wildman–Crippen MR) is 135 cm³/mol. The molecule has 0 saturated carbocycles. The summed E-state index contributed by atoms with van der Waals surface area (Å²) >= 11 is 4.35. The van der Waals surface area contributed by atoms with E-state index in [1.165, 1.54) is 12.0 Å². The van der Waals surface area contributed by atoms with Crippen LogP contribution in [0.2, 0.25) is 0 Å². The average Bonchev–Trinajstić information content (AvgIpc) is 3.35. The first kappa shape index (κ1) is 24.6. The van der Waals surface area contributed by atoms with Crippen LogP contribution in [0.5, 0.6) is 5.75 Å². The Hall–Kier alpha value is -3.50. The number of carbonyl (C=O) groups is 3. The lowest BCUT2D eigenvalue weighted by molar-refractivity contribution is -0.132. The third-order valence-electron chi connectivity index (χ3n) is 5.66. The van der Waals surface area contributed by atoms with Crippen molar-refractivity contribution in [3.05, 3.63) is 79.8 Å². The Morgan fingerprint density at radius 1 is 1.11 bits per heavy atom. The standard InChI is InChI=1S/C25H21BrN2O6S/c1-12-11-15(7-10-17(12)33-3)20(29)18-19(14-5-8-16(26)9-6-14)28(23(31)21(18)30)25-27-13(2)22(35-25)24(32)34-4/h5-11,19,29H,1-4H3/b20-18+. The number of esters is 1. The van der Waals surface area contributed by atoms with Crippen LogP contribution in [-0.2, 0) is 14.3 Å². The first-order chi connectivity index (χ1) is 16.7. The van der Waals surface area contributed by atoms with Gasteiger partial charge in [0.25, 0.3) is 5.78 Å². The Morgan fingerprint density at radius 2 is 1.80 bits per heavy atom. The molecule has 10 heteroatoms. The number of nitrogens with zero attached hydrogens (tertiary/aromatic N) is 2. The third-order valence-corrected chi connectivity index (χ3v) is 7.33. The molecule has 180 valence electrons. The molecule has 1 fully saturated rings. The minimum Gasteiger partial charge on any atom is -0.507 e. The predicted octanol–water partition coefficient (Wildman–Crippen LogP) is 4.94. The highest BCUT2D eigenvalue weighted by atomic mass is 79.9. The maximum Gasteiger partial charge on any atom is 0.350 e. The van der Waals surface area contributed by atoms with Crippen LogP contribution in [0.1, 0.15) is 38.1 Å². The van der Waals surface area contributed by atoms with E-state index in [0.29, 0.717) is 22.6 Å². The van der Waals surface area contributed by atoms with Crippen molar-refractivity contribution >= 4 is 55.8 Å². The van der Waals surface area contributed by atoms with Crippen molar-refractivity contribution in [3.63, 3.8) is 0 Å². The first-order valence-electron chi connectivity index (χ1n) is 10.4. The third kappa shape index (κ3) is 4.35. The lowest BCUT2D eigenvalue weighted by Crippen LogP contribution is -2.29. The highest BCUT2D eigenvalue weighted by Gasteiger charge is 2.48. The summed E-state index contributed by atoms with van der Waals surface area (Å²) in [7, 11) is 2.80. The van der Waals surface area contributed by atoms with Crippen molar-refractivity contribution in [1.82, 2.24) is 4.98 Å². The van der Waals surface area contributed by atoms with Gasteiger partial charge in [-0.15, -0.1) is 0 Å². The zero-order valence-electron chi connectivity index (χ0n) is 19.3. The largest absolute Gasteiger partial charge is 0.507 e. The number of hydrogen-bond donors (Lipinski definition) is 1. The number of ether oxygens (including phenoxy) is 2. The average molecular weight is 557 g/mol. The fourth-order valence-electron chi connectivity index (χ4n) is 3.94. The van der Waals surface area contributed by atoms with Crippen LogP contribution in [-0.4, -0.2) is 42.0 Å². The Morgan fingerprint density at radius 3 is 2.40 bits per heavy atom. The highest BCUT2D eigenvalue weighted by Crippen LogP contribution is 2.44. The number of anilines is 1. The number of thiazole rings is 1. The van der Waals surface area contributed by atoms with Crippen LogP contribution in [0.4, 0.5) is 5.13 Å². The number of benzene rings is 2. The van der Waals surface area contributed by atoms with Crippen molar-refractivity contribution in [2.75, 3.05) is 19.1 Å². The van der Waals surface area contributed by atoms with Crippen molar-refractivity contribution in [1.29, 1.82) is 0 Å². The molecule has 1 aliphatic rings. The van der Waals surface area contributed by atoms with Gasteiger partial charge < -0.3 is 14.6 Å². The van der Waals surface area contributed by atoms with E-state index in [9.17, 15) is 19.5 Å². The van der Waals surface area contributed by atoms with Crippen LogP contribution in [0.15, 0.2) is 52.5 Å². The van der Waals surface area contributed by atoms with E-state index in [1.54, 1.807) is 56.5 Å². The van der Waals surface area contributed by atoms with E-state index >= 15 is 0 Å². The minimum atomic E-state index is -0.957. The summed E-state index contributed by atoms with van der Waals surface area (Å²) in [5, 5.41) is 11.4. The molecule has 1 unspecified atom stereocenters. The summed E-state index contributed by atoms with van der Waals surface area (Å²) < 4.78 is 10.9. The second-order valence-corrected chi connectivity index (χ2v) is 9.70. The van der Waals surface area contributed by atoms with Gasteiger partial charge in [0, 0.05) is 10.0 Å². The van der Waals surface area contributed by atoms with Crippen LogP contribution >= 0.6 is 27.3 Å². The molecule has 4 rings (SSSR count). The molecule has 2 heterocycles. The number of amides is 1. The van der Waals surface area contributed by atoms with E-state index in [1.807, 2.05) is 6.92 Å². The number of hydrogen-bond acceptors (Lipinski definition) is 8. The van der Waals surface area contributed by atoms with Crippen molar-refractivity contribution in [2.24, 2.45) is 0 Å². The Balaban J connectivity index is 1.93. The molecule has 1 saturated heterocycles. The number of aliphatic hydroxyl groups excluding tert-OH is 1. The molecule has 0 aliphatic carbocycles. The monoisotopic (exact) mass is 556 g/mol. The number of carbonyl (C=O) groups excluding carboxylic acids is 3. The van der Waals surface area contributed by atoms with E-state index in [2.05, 4.69) is 20.9 Å². The van der Waals surface area contributed by atoms with Gasteiger partial charge in [0.2, 0.25) is 0 Å². The number of rotatable bonds is 5. The van der Waals surface area contributed by atoms with Crippen LogP contribution in [0, 0.1) is 13.8 Å². The van der Waals surface area contributed by atoms with Gasteiger partial charge in [0.05, 0.1) is 31.5 Å². The summed E-state index contributed by atoms with van der Waals surface area (Å²) in [6.07, 6.45) is 0. The van der Waals surface area contributed by atoms with Crippen molar-refractivity contribution < 1.29 is 29.0 Å². The maximum absolute atomic E-state index is 13.3. The van der Waals surface area contributed by atoms with Gasteiger partial charge in [-0.05, 0) is 55.3 Å². The van der Waals surface area contributed by atoms with Crippen LogP contribution < -0.4 is 9.64 Å². The zero-order valence-corrected chi connectivity index (χ0v) is 21.7. The first-order valence-corrected chi connectivity index (χ1v) is 12.1. The summed E-state index contributed by atoms with van der Waals surface area (Å²) in [6, 6.07) is 11.1. The van der Waals surface area contributed by atoms with Crippen molar-refractivity contribution in [2.45, 2.75) is 19.9 Å². The van der Waals surface area contributed by atoms with E-state index in [-0.39, 0.29) is 21.3 Å². The molecule has 1 atom stereocenters. The molecule has 1 amide bonds. The van der Waals surface area contributed by atoms with Gasteiger partial charge in [-0.1, -0.05) is 39.4 Å². The second-order valence-electron chi connectivity index (χ2n) is 7.81. The molecule has 0 radical (unpaired) electrons. The van der Waals surface area contributed by atoms with Crippen LogP contribution in [0.25, 0.3) is 5.76 Å². The number of ketones is 1. The summed E-state index contributed by atoms with van der Waals surface area (Å²) in [4.78, 5) is 44.6. The minimum absolute atomic E-state index is 0.0747. The van der Waals surface area contributed by atoms with E-state index < -0.39 is 23.7 Å². The molecule has 1 N–H and O–H groups in total. The van der Waals surface area contributed by atoms with Gasteiger partial charge in [-0.3, -0.25) is 14.5 Å². The van der Waals surface area contributed by atoms with Gasteiger partial charge >= 0.3 is 11.9 Å². The van der Waals surface area contributed by atoms with Gasteiger partial charge in [0.15, 0.2) is 5.13 Å². The van der Waals surface area contributed by atoms with Gasteiger partial charge in [-0.2, -0.15) is 0 Å². The fourth-order valence-corrected chi connectivity index (χ4v) is 5.21. The normalized spacial score (nSPS) is 17.1. The topological polar surface area (TPSA) is 106 Å². The number of aryl methyl sites for hydroxylation is 2. The number of Topliss-reactive ketones (excluding diaryl/α,β-unsaturated/α-hetero) is 1. The molecule has 2 aromatic carbocycles. The smallest absolute Gasteiger partial charge is 0.350 e. The molecule has 8 nitrogen and oxygen atoms in total. The Labute approximate surface area is 213 Å². The number of aromatic nitrogens is 1. The summed E-state index contributed by atoms with van der Waals surface area (Å²) in [6.45, 7) is 3.44.